The van der Waals surface area contributed by atoms with E-state index in [1.54, 1.807) is 0 Å². The van der Waals surface area contributed by atoms with Gasteiger partial charge in [0.1, 0.15) is 11.6 Å². The number of hydrogen-bond acceptors (Lipinski definition) is 4. The molecule has 4 rings (SSSR count). The molecule has 7 heteroatoms. The van der Waals surface area contributed by atoms with E-state index < -0.39 is 5.82 Å². The van der Waals surface area contributed by atoms with Gasteiger partial charge in [-0.3, -0.25) is 4.79 Å². The highest BCUT2D eigenvalue weighted by Gasteiger charge is 2.17. The van der Waals surface area contributed by atoms with Crippen molar-refractivity contribution in [3.05, 3.63) is 64.4 Å². The van der Waals surface area contributed by atoms with Crippen LogP contribution >= 0.6 is 11.6 Å². The number of aryl methyl sites for hydroxylation is 1. The van der Waals surface area contributed by atoms with Crippen LogP contribution in [0.2, 0.25) is 5.02 Å². The number of hydrogen-bond donors (Lipinski definition) is 1. The third kappa shape index (κ3) is 4.18. The van der Waals surface area contributed by atoms with Crippen LogP contribution in [0.4, 0.5) is 15.9 Å². The number of likely N-dealkylation sites (N-methyl/N-ethyl adjacent to an activating group) is 1. The van der Waals surface area contributed by atoms with Gasteiger partial charge >= 0.3 is 0 Å². The van der Waals surface area contributed by atoms with Crippen LogP contribution in [0.3, 0.4) is 0 Å². The van der Waals surface area contributed by atoms with Gasteiger partial charge in [0.2, 0.25) is 0 Å². The van der Waals surface area contributed by atoms with Crippen LogP contribution in [0.1, 0.15) is 15.9 Å². The van der Waals surface area contributed by atoms with Gasteiger partial charge in [-0.2, -0.15) is 0 Å². The molecule has 1 fully saturated rings. The average Bonchev–Trinajstić information content (AvgIpc) is 2.68. The fraction of sp³-hybridized carbons (Fsp3) is 0.273. The number of nitrogens with zero attached hydrogens (tertiary/aromatic N) is 3. The molecule has 0 bridgehead atoms. The number of pyridine rings is 1. The molecule has 0 spiro atoms. The van der Waals surface area contributed by atoms with Gasteiger partial charge in [-0.05, 0) is 62.0 Å². The second-order valence-corrected chi connectivity index (χ2v) is 7.81. The molecule has 1 amide bonds. The zero-order chi connectivity index (χ0) is 20.5. The first-order valence-electron chi connectivity index (χ1n) is 9.52. The first-order chi connectivity index (χ1) is 13.9. The maximum Gasteiger partial charge on any atom is 0.257 e. The summed E-state index contributed by atoms with van der Waals surface area (Å²) in [6.07, 6.45) is 0. The van der Waals surface area contributed by atoms with Crippen LogP contribution in [-0.2, 0) is 0 Å². The standard InChI is InChI=1S/C22H22ClFN4O/c1-14-11-21(28-9-7-27(2)8-10-28)26-20-6-4-16(13-18(14)20)25-22(29)17-5-3-15(24)12-19(17)23/h3-6,11-13H,7-10H2,1-2H3,(H,25,29). The molecule has 29 heavy (non-hydrogen) atoms. The third-order valence-electron chi connectivity index (χ3n) is 5.26. The van der Waals surface area contributed by atoms with Gasteiger partial charge in [-0.25, -0.2) is 9.37 Å². The van der Waals surface area contributed by atoms with Crippen molar-refractivity contribution in [2.24, 2.45) is 0 Å². The first-order valence-corrected chi connectivity index (χ1v) is 9.90. The molecule has 1 aromatic heterocycles. The van der Waals surface area contributed by atoms with Crippen molar-refractivity contribution in [3.8, 4) is 0 Å². The van der Waals surface area contributed by atoms with E-state index in [0.717, 1.165) is 54.5 Å². The smallest absolute Gasteiger partial charge is 0.257 e. The number of halogens is 2. The molecule has 1 N–H and O–H groups in total. The Balaban J connectivity index is 1.58. The Morgan fingerprint density at radius 2 is 1.86 bits per heavy atom. The molecule has 1 aliphatic rings. The van der Waals surface area contributed by atoms with E-state index in [2.05, 4.69) is 28.2 Å². The largest absolute Gasteiger partial charge is 0.354 e. The molecule has 1 saturated heterocycles. The van der Waals surface area contributed by atoms with Gasteiger partial charge in [0.15, 0.2) is 0 Å². The van der Waals surface area contributed by atoms with Crippen molar-refractivity contribution in [2.75, 3.05) is 43.4 Å². The zero-order valence-corrected chi connectivity index (χ0v) is 17.1. The average molecular weight is 413 g/mol. The fourth-order valence-electron chi connectivity index (χ4n) is 3.52. The molecule has 0 atom stereocenters. The van der Waals surface area contributed by atoms with E-state index in [1.165, 1.54) is 12.1 Å². The summed E-state index contributed by atoms with van der Waals surface area (Å²) in [5.74, 6) is 0.127. The lowest BCUT2D eigenvalue weighted by molar-refractivity contribution is 0.102. The van der Waals surface area contributed by atoms with Crippen LogP contribution in [0.5, 0.6) is 0 Å². The summed E-state index contributed by atoms with van der Waals surface area (Å²) in [6.45, 7) is 6.01. The number of benzene rings is 2. The molecule has 2 heterocycles. The summed E-state index contributed by atoms with van der Waals surface area (Å²) in [6, 6.07) is 11.4. The van der Waals surface area contributed by atoms with Crippen molar-refractivity contribution < 1.29 is 9.18 Å². The summed E-state index contributed by atoms with van der Waals surface area (Å²) in [4.78, 5) is 21.9. The number of amides is 1. The summed E-state index contributed by atoms with van der Waals surface area (Å²) in [5.41, 5.74) is 2.85. The predicted octanol–water partition coefficient (Wildman–Crippen LogP) is 4.34. The number of rotatable bonds is 3. The van der Waals surface area contributed by atoms with E-state index in [0.29, 0.717) is 5.69 Å². The van der Waals surface area contributed by atoms with E-state index in [1.807, 2.05) is 25.1 Å². The minimum absolute atomic E-state index is 0.0814. The van der Waals surface area contributed by atoms with Crippen LogP contribution in [-0.4, -0.2) is 49.0 Å². The lowest BCUT2D eigenvalue weighted by Gasteiger charge is -2.33. The topological polar surface area (TPSA) is 48.5 Å². The Hall–Kier alpha value is -2.70. The lowest BCUT2D eigenvalue weighted by Crippen LogP contribution is -2.44. The number of piperazine rings is 1. The SMILES string of the molecule is Cc1cc(N2CCN(C)CC2)nc2ccc(NC(=O)c3ccc(F)cc3Cl)cc12. The molecule has 0 unspecified atom stereocenters. The van der Waals surface area contributed by atoms with Gasteiger partial charge in [0, 0.05) is 37.3 Å². The molecule has 0 radical (unpaired) electrons. The molecule has 1 aliphatic heterocycles. The monoisotopic (exact) mass is 412 g/mol. The Labute approximate surface area is 174 Å². The van der Waals surface area contributed by atoms with E-state index >= 15 is 0 Å². The summed E-state index contributed by atoms with van der Waals surface area (Å²) in [5, 5.41) is 3.89. The lowest BCUT2D eigenvalue weighted by atomic mass is 10.1. The summed E-state index contributed by atoms with van der Waals surface area (Å²) < 4.78 is 13.2. The number of carbonyl (C=O) groups excluding carboxylic acids is 1. The molecule has 150 valence electrons. The van der Waals surface area contributed by atoms with Crippen molar-refractivity contribution in [1.82, 2.24) is 9.88 Å². The summed E-state index contributed by atoms with van der Waals surface area (Å²) >= 11 is 5.99. The minimum atomic E-state index is -0.477. The second-order valence-electron chi connectivity index (χ2n) is 7.40. The van der Waals surface area contributed by atoms with Crippen molar-refractivity contribution >= 4 is 39.9 Å². The molecule has 0 saturated carbocycles. The third-order valence-corrected chi connectivity index (χ3v) is 5.58. The molecule has 2 aromatic carbocycles. The van der Waals surface area contributed by atoms with E-state index in [4.69, 9.17) is 16.6 Å². The van der Waals surface area contributed by atoms with Crippen molar-refractivity contribution in [1.29, 1.82) is 0 Å². The molecular formula is C22H22ClFN4O. The molecule has 3 aromatic rings. The van der Waals surface area contributed by atoms with Crippen LogP contribution in [0.25, 0.3) is 10.9 Å². The number of anilines is 2. The molecule has 5 nitrogen and oxygen atoms in total. The number of carbonyl (C=O) groups is 1. The van der Waals surface area contributed by atoms with Crippen molar-refractivity contribution in [3.63, 3.8) is 0 Å². The maximum atomic E-state index is 13.2. The van der Waals surface area contributed by atoms with Crippen LogP contribution in [0.15, 0.2) is 42.5 Å². The van der Waals surface area contributed by atoms with E-state index in [-0.39, 0.29) is 16.5 Å². The molecular weight excluding hydrogens is 391 g/mol. The highest BCUT2D eigenvalue weighted by Crippen LogP contribution is 2.27. The van der Waals surface area contributed by atoms with Gasteiger partial charge in [-0.1, -0.05) is 11.6 Å². The van der Waals surface area contributed by atoms with Crippen molar-refractivity contribution in [2.45, 2.75) is 6.92 Å². The Morgan fingerprint density at radius 3 is 2.59 bits per heavy atom. The van der Waals surface area contributed by atoms with Gasteiger partial charge < -0.3 is 15.1 Å². The quantitative estimate of drug-likeness (QED) is 0.695. The Bertz CT molecular complexity index is 1080. The van der Waals surface area contributed by atoms with E-state index in [9.17, 15) is 9.18 Å². The minimum Gasteiger partial charge on any atom is -0.354 e. The number of aromatic nitrogens is 1. The predicted molar refractivity (Wildman–Crippen MR) is 116 cm³/mol. The first kappa shape index (κ1) is 19.6. The highest BCUT2D eigenvalue weighted by atomic mass is 35.5. The number of fused-ring (bicyclic) bond motifs is 1. The van der Waals surface area contributed by atoms with Crippen LogP contribution in [0, 0.1) is 12.7 Å². The molecule has 0 aliphatic carbocycles. The maximum absolute atomic E-state index is 13.2. The normalized spacial score (nSPS) is 15.0. The fourth-order valence-corrected chi connectivity index (χ4v) is 3.78. The summed E-state index contributed by atoms with van der Waals surface area (Å²) in [7, 11) is 2.13. The highest BCUT2D eigenvalue weighted by molar-refractivity contribution is 6.34. The number of nitrogens with one attached hydrogen (secondary N) is 1. The zero-order valence-electron chi connectivity index (χ0n) is 16.4. The van der Waals surface area contributed by atoms with Gasteiger partial charge in [0.05, 0.1) is 16.1 Å². The second kappa shape index (κ2) is 7.97. The van der Waals surface area contributed by atoms with Gasteiger partial charge in [-0.15, -0.1) is 0 Å². The van der Waals surface area contributed by atoms with Gasteiger partial charge in [0.25, 0.3) is 5.91 Å². The Morgan fingerprint density at radius 1 is 1.10 bits per heavy atom. The van der Waals surface area contributed by atoms with Crippen LogP contribution < -0.4 is 10.2 Å². The Kier molecular flexibility index (Phi) is 5.39.